The van der Waals surface area contributed by atoms with Crippen LogP contribution in [0.4, 0.5) is 0 Å². The molecule has 0 aliphatic heterocycles. The van der Waals surface area contributed by atoms with Crippen LogP contribution in [0.5, 0.6) is 0 Å². The number of carbonyl (C=O) groups is 1. The summed E-state index contributed by atoms with van der Waals surface area (Å²) in [6, 6.07) is 7.56. The molecule has 0 aromatic heterocycles. The SMILES string of the molecule is CC(=O)NCC#Cc1c(C)cccc1C#N. The van der Waals surface area contributed by atoms with E-state index in [2.05, 4.69) is 23.2 Å². The Morgan fingerprint density at radius 1 is 1.50 bits per heavy atom. The van der Waals surface area contributed by atoms with Gasteiger partial charge >= 0.3 is 0 Å². The molecule has 0 radical (unpaired) electrons. The Hall–Kier alpha value is -2.26. The summed E-state index contributed by atoms with van der Waals surface area (Å²) in [6.45, 7) is 3.65. The molecule has 80 valence electrons. The van der Waals surface area contributed by atoms with Gasteiger partial charge in [-0.2, -0.15) is 5.26 Å². The minimum absolute atomic E-state index is 0.111. The van der Waals surface area contributed by atoms with Gasteiger partial charge in [-0.25, -0.2) is 0 Å². The fourth-order valence-electron chi connectivity index (χ4n) is 1.23. The molecule has 0 spiro atoms. The summed E-state index contributed by atoms with van der Waals surface area (Å²) in [4.78, 5) is 10.6. The van der Waals surface area contributed by atoms with Crippen molar-refractivity contribution < 1.29 is 4.79 Å². The predicted molar refractivity (Wildman–Crippen MR) is 61.5 cm³/mol. The van der Waals surface area contributed by atoms with Crippen LogP contribution in [0.15, 0.2) is 18.2 Å². The third-order valence-electron chi connectivity index (χ3n) is 2.03. The summed E-state index contributed by atoms with van der Waals surface area (Å²) in [6.07, 6.45) is 0. The zero-order valence-electron chi connectivity index (χ0n) is 9.29. The fraction of sp³-hybridized carbons (Fsp3) is 0.231. The maximum Gasteiger partial charge on any atom is 0.217 e. The van der Waals surface area contributed by atoms with Gasteiger partial charge in [0.25, 0.3) is 0 Å². The molecular formula is C13H12N2O. The smallest absolute Gasteiger partial charge is 0.217 e. The number of aryl methyl sites for hydroxylation is 1. The van der Waals surface area contributed by atoms with Crippen LogP contribution >= 0.6 is 0 Å². The fourth-order valence-corrected chi connectivity index (χ4v) is 1.23. The van der Waals surface area contributed by atoms with Crippen molar-refractivity contribution in [3.8, 4) is 17.9 Å². The number of carbonyl (C=O) groups excluding carboxylic acids is 1. The van der Waals surface area contributed by atoms with E-state index >= 15 is 0 Å². The van der Waals surface area contributed by atoms with Crippen LogP contribution in [-0.2, 0) is 4.79 Å². The normalized spacial score (nSPS) is 8.56. The van der Waals surface area contributed by atoms with Crippen molar-refractivity contribution >= 4 is 5.91 Å². The van der Waals surface area contributed by atoms with E-state index < -0.39 is 0 Å². The quantitative estimate of drug-likeness (QED) is 0.714. The summed E-state index contributed by atoms with van der Waals surface area (Å²) in [5.41, 5.74) is 2.26. The van der Waals surface area contributed by atoms with E-state index in [4.69, 9.17) is 5.26 Å². The number of benzene rings is 1. The van der Waals surface area contributed by atoms with Crippen molar-refractivity contribution in [3.63, 3.8) is 0 Å². The largest absolute Gasteiger partial charge is 0.345 e. The number of hydrogen-bond acceptors (Lipinski definition) is 2. The van der Waals surface area contributed by atoms with E-state index in [0.29, 0.717) is 12.1 Å². The van der Waals surface area contributed by atoms with Crippen molar-refractivity contribution in [2.24, 2.45) is 0 Å². The lowest BCUT2D eigenvalue weighted by Gasteiger charge is -1.99. The molecule has 3 nitrogen and oxygen atoms in total. The lowest BCUT2D eigenvalue weighted by molar-refractivity contribution is -0.118. The summed E-state index contributed by atoms with van der Waals surface area (Å²) in [5, 5.41) is 11.5. The van der Waals surface area contributed by atoms with E-state index in [1.807, 2.05) is 19.1 Å². The number of nitrogens with one attached hydrogen (secondary N) is 1. The third-order valence-corrected chi connectivity index (χ3v) is 2.03. The average molecular weight is 212 g/mol. The topological polar surface area (TPSA) is 52.9 Å². The van der Waals surface area contributed by atoms with Gasteiger partial charge in [-0.15, -0.1) is 0 Å². The monoisotopic (exact) mass is 212 g/mol. The maximum atomic E-state index is 10.6. The Bertz CT molecular complexity index is 501. The van der Waals surface area contributed by atoms with Crippen LogP contribution in [0, 0.1) is 30.1 Å². The molecule has 0 bridgehead atoms. The van der Waals surface area contributed by atoms with E-state index in [9.17, 15) is 4.79 Å². The summed E-state index contributed by atoms with van der Waals surface area (Å²) in [5.74, 6) is 5.60. The number of rotatable bonds is 1. The molecular weight excluding hydrogens is 200 g/mol. The molecule has 0 saturated heterocycles. The number of hydrogen-bond donors (Lipinski definition) is 1. The van der Waals surface area contributed by atoms with Crippen LogP contribution in [0.25, 0.3) is 0 Å². The first kappa shape index (κ1) is 11.8. The van der Waals surface area contributed by atoms with Crippen LogP contribution in [0.2, 0.25) is 0 Å². The van der Waals surface area contributed by atoms with Crippen molar-refractivity contribution in [2.75, 3.05) is 6.54 Å². The standard InChI is InChI=1S/C13H12N2O/c1-10-5-3-6-12(9-14)13(10)7-4-8-15-11(2)16/h3,5-6H,8H2,1-2H3,(H,15,16). The van der Waals surface area contributed by atoms with Gasteiger partial charge in [-0.1, -0.05) is 24.0 Å². The molecule has 0 unspecified atom stereocenters. The molecule has 0 saturated carbocycles. The molecule has 0 heterocycles. The second-order valence-electron chi connectivity index (χ2n) is 3.32. The van der Waals surface area contributed by atoms with Gasteiger partial charge in [0.05, 0.1) is 12.1 Å². The van der Waals surface area contributed by atoms with Crippen molar-refractivity contribution in [3.05, 3.63) is 34.9 Å². The van der Waals surface area contributed by atoms with E-state index in [1.54, 1.807) is 6.07 Å². The molecule has 0 atom stereocenters. The highest BCUT2D eigenvalue weighted by Crippen LogP contribution is 2.11. The first-order valence-electron chi connectivity index (χ1n) is 4.88. The molecule has 1 amide bonds. The first-order chi connectivity index (χ1) is 7.65. The molecule has 0 aliphatic carbocycles. The Morgan fingerprint density at radius 2 is 2.25 bits per heavy atom. The minimum Gasteiger partial charge on any atom is -0.345 e. The van der Waals surface area contributed by atoms with Gasteiger partial charge in [0.2, 0.25) is 5.91 Å². The highest BCUT2D eigenvalue weighted by Gasteiger charge is 2.00. The lowest BCUT2D eigenvalue weighted by Crippen LogP contribution is -2.19. The minimum atomic E-state index is -0.111. The Morgan fingerprint density at radius 3 is 2.88 bits per heavy atom. The highest BCUT2D eigenvalue weighted by atomic mass is 16.1. The third kappa shape index (κ3) is 3.15. The van der Waals surface area contributed by atoms with Crippen molar-refractivity contribution in [1.29, 1.82) is 5.26 Å². The van der Waals surface area contributed by atoms with Crippen molar-refractivity contribution in [2.45, 2.75) is 13.8 Å². The lowest BCUT2D eigenvalue weighted by atomic mass is 10.0. The Kier molecular flexibility index (Phi) is 4.12. The maximum absolute atomic E-state index is 10.6. The Labute approximate surface area is 95.1 Å². The molecule has 0 fully saturated rings. The van der Waals surface area contributed by atoms with E-state index in [-0.39, 0.29) is 5.91 Å². The zero-order valence-corrected chi connectivity index (χ0v) is 9.29. The molecule has 16 heavy (non-hydrogen) atoms. The van der Waals surface area contributed by atoms with Crippen LogP contribution in [-0.4, -0.2) is 12.5 Å². The first-order valence-corrected chi connectivity index (χ1v) is 4.88. The Balaban J connectivity index is 2.88. The predicted octanol–water partition coefficient (Wildman–Crippen LogP) is 1.35. The number of nitriles is 1. The molecule has 1 aromatic rings. The molecule has 3 heteroatoms. The van der Waals surface area contributed by atoms with E-state index in [1.165, 1.54) is 6.92 Å². The summed E-state index contributed by atoms with van der Waals surface area (Å²) >= 11 is 0. The van der Waals surface area contributed by atoms with Gasteiger partial charge < -0.3 is 5.32 Å². The molecule has 1 N–H and O–H groups in total. The highest BCUT2D eigenvalue weighted by molar-refractivity contribution is 5.73. The van der Waals surface area contributed by atoms with E-state index in [0.717, 1.165) is 11.1 Å². The van der Waals surface area contributed by atoms with Gasteiger partial charge in [-0.05, 0) is 18.6 Å². The second-order valence-corrected chi connectivity index (χ2v) is 3.32. The molecule has 0 aliphatic rings. The zero-order chi connectivity index (χ0) is 12.0. The van der Waals surface area contributed by atoms with Gasteiger partial charge in [0.1, 0.15) is 6.07 Å². The number of nitrogens with zero attached hydrogens (tertiary/aromatic N) is 1. The number of amides is 1. The molecule has 1 aromatic carbocycles. The van der Waals surface area contributed by atoms with Crippen molar-refractivity contribution in [1.82, 2.24) is 5.32 Å². The van der Waals surface area contributed by atoms with Gasteiger partial charge in [0.15, 0.2) is 0 Å². The van der Waals surface area contributed by atoms with Gasteiger partial charge in [-0.3, -0.25) is 4.79 Å². The molecule has 1 rings (SSSR count). The summed E-state index contributed by atoms with van der Waals surface area (Å²) in [7, 11) is 0. The summed E-state index contributed by atoms with van der Waals surface area (Å²) < 4.78 is 0. The van der Waals surface area contributed by atoms with Crippen LogP contribution in [0.1, 0.15) is 23.6 Å². The van der Waals surface area contributed by atoms with Crippen LogP contribution in [0.3, 0.4) is 0 Å². The average Bonchev–Trinajstić information content (AvgIpc) is 2.25. The van der Waals surface area contributed by atoms with Crippen LogP contribution < -0.4 is 5.32 Å². The second kappa shape index (κ2) is 5.58. The van der Waals surface area contributed by atoms with Gasteiger partial charge in [0, 0.05) is 12.5 Å².